The topological polar surface area (TPSA) is 46.5 Å². The lowest BCUT2D eigenvalue weighted by molar-refractivity contribution is -0.118. The zero-order valence-corrected chi connectivity index (χ0v) is 17.2. The van der Waals surface area contributed by atoms with E-state index in [1.807, 2.05) is 31.2 Å². The maximum absolute atomic E-state index is 11.1. The average Bonchev–Trinajstić information content (AvgIpc) is 3.04. The number of thiophene rings is 1. The molecule has 1 heterocycles. The van der Waals surface area contributed by atoms with Gasteiger partial charge >= 0.3 is 0 Å². The number of rotatable bonds is 6. The van der Waals surface area contributed by atoms with Gasteiger partial charge in [0, 0.05) is 31.8 Å². The molecule has 27 heavy (non-hydrogen) atoms. The van der Waals surface area contributed by atoms with Crippen LogP contribution in [0.25, 0.3) is 10.4 Å². The van der Waals surface area contributed by atoms with E-state index in [2.05, 4.69) is 0 Å². The summed E-state index contributed by atoms with van der Waals surface area (Å²) >= 11 is 14.4. The van der Waals surface area contributed by atoms with Crippen LogP contribution >= 0.6 is 34.5 Å². The summed E-state index contributed by atoms with van der Waals surface area (Å²) in [5.74, 6) is 0.627. The molecule has 1 N–H and O–H groups in total. The van der Waals surface area contributed by atoms with Gasteiger partial charge in [-0.2, -0.15) is 0 Å². The summed E-state index contributed by atoms with van der Waals surface area (Å²) in [6.07, 6.45) is 0.516. The van der Waals surface area contributed by atoms with Gasteiger partial charge in [0.05, 0.1) is 0 Å². The molecule has 0 radical (unpaired) electrons. The fraction of sp³-hybridized carbons (Fsp3) is 0.190. The first-order valence-electron chi connectivity index (χ1n) is 8.32. The van der Waals surface area contributed by atoms with Crippen LogP contribution in [-0.2, 0) is 11.2 Å². The third kappa shape index (κ3) is 4.83. The van der Waals surface area contributed by atoms with E-state index in [1.54, 1.807) is 29.5 Å². The van der Waals surface area contributed by atoms with Gasteiger partial charge in [-0.15, -0.1) is 11.3 Å². The van der Waals surface area contributed by atoms with Gasteiger partial charge in [-0.1, -0.05) is 29.3 Å². The molecule has 0 aliphatic heterocycles. The number of ketones is 1. The highest BCUT2D eigenvalue weighted by atomic mass is 35.5. The predicted molar refractivity (Wildman–Crippen MR) is 112 cm³/mol. The molecule has 1 aromatic heterocycles. The van der Waals surface area contributed by atoms with E-state index in [0.29, 0.717) is 22.2 Å². The van der Waals surface area contributed by atoms with Crippen LogP contribution in [0.3, 0.4) is 0 Å². The van der Waals surface area contributed by atoms with Crippen LogP contribution in [0.15, 0.2) is 42.5 Å². The molecule has 3 aromatic rings. The monoisotopic (exact) mass is 420 g/mol. The van der Waals surface area contributed by atoms with Gasteiger partial charge in [0.25, 0.3) is 0 Å². The Bertz CT molecular complexity index is 972. The fourth-order valence-corrected chi connectivity index (χ4v) is 4.18. The Balaban J connectivity index is 1.88. The van der Waals surface area contributed by atoms with Crippen molar-refractivity contribution in [2.24, 2.45) is 0 Å². The molecule has 6 heteroatoms. The van der Waals surface area contributed by atoms with Gasteiger partial charge in [-0.05, 0) is 61.4 Å². The quantitative estimate of drug-likeness (QED) is 0.509. The molecule has 0 amide bonds. The Morgan fingerprint density at radius 2 is 1.81 bits per heavy atom. The van der Waals surface area contributed by atoms with Crippen molar-refractivity contribution in [2.75, 3.05) is 6.61 Å². The normalized spacial score (nSPS) is 10.8. The van der Waals surface area contributed by atoms with Crippen LogP contribution < -0.4 is 4.74 Å². The highest BCUT2D eigenvalue weighted by Crippen LogP contribution is 2.37. The van der Waals surface area contributed by atoms with Crippen molar-refractivity contribution in [2.45, 2.75) is 20.3 Å². The van der Waals surface area contributed by atoms with Crippen molar-refractivity contribution in [1.29, 1.82) is 0 Å². The van der Waals surface area contributed by atoms with Crippen LogP contribution in [0, 0.1) is 6.92 Å². The number of halogens is 2. The lowest BCUT2D eigenvalue weighted by Crippen LogP contribution is -2.06. The van der Waals surface area contributed by atoms with Gasteiger partial charge in [-0.3, -0.25) is 4.79 Å². The van der Waals surface area contributed by atoms with Crippen molar-refractivity contribution < 1.29 is 14.6 Å². The van der Waals surface area contributed by atoms with Crippen molar-refractivity contribution in [1.82, 2.24) is 0 Å². The maximum atomic E-state index is 11.1. The first-order valence-corrected chi connectivity index (χ1v) is 9.89. The lowest BCUT2D eigenvalue weighted by Gasteiger charge is -2.12. The third-order valence-corrected chi connectivity index (χ3v) is 5.71. The smallest absolute Gasteiger partial charge is 0.167 e. The molecule has 0 aliphatic rings. The number of benzene rings is 2. The summed E-state index contributed by atoms with van der Waals surface area (Å²) in [5, 5.41) is 11.2. The van der Waals surface area contributed by atoms with Gasteiger partial charge < -0.3 is 9.84 Å². The molecule has 0 saturated carbocycles. The van der Waals surface area contributed by atoms with Gasteiger partial charge in [0.15, 0.2) is 5.78 Å². The molecule has 0 fully saturated rings. The minimum Gasteiger partial charge on any atom is -0.507 e. The van der Waals surface area contributed by atoms with Crippen LogP contribution in [-0.4, -0.2) is 17.5 Å². The number of aryl methyl sites for hydroxylation is 1. The molecule has 0 bridgehead atoms. The molecular weight excluding hydrogens is 403 g/mol. The Morgan fingerprint density at radius 3 is 2.41 bits per heavy atom. The third-order valence-electron chi connectivity index (χ3n) is 4.00. The number of hydrogen-bond donors (Lipinski definition) is 1. The number of carbonyl (C=O) groups is 1. The van der Waals surface area contributed by atoms with Crippen LogP contribution in [0.4, 0.5) is 0 Å². The van der Waals surface area contributed by atoms with Crippen molar-refractivity contribution in [3.63, 3.8) is 0 Å². The minimum atomic E-state index is -0.0771. The van der Waals surface area contributed by atoms with E-state index < -0.39 is 0 Å². The summed E-state index contributed by atoms with van der Waals surface area (Å²) < 4.78 is 5.38. The zero-order valence-electron chi connectivity index (χ0n) is 14.9. The summed E-state index contributed by atoms with van der Waals surface area (Å²) in [7, 11) is 0. The molecule has 0 atom stereocenters. The van der Waals surface area contributed by atoms with Crippen LogP contribution in [0.1, 0.15) is 22.9 Å². The Hall–Kier alpha value is -2.01. The number of ether oxygens (including phenoxy) is 1. The zero-order chi connectivity index (χ0) is 19.6. The largest absolute Gasteiger partial charge is 0.507 e. The molecule has 3 nitrogen and oxygen atoms in total. The number of hydrogen-bond acceptors (Lipinski definition) is 4. The van der Waals surface area contributed by atoms with Gasteiger partial charge in [0.2, 0.25) is 0 Å². The molecule has 0 aliphatic carbocycles. The van der Waals surface area contributed by atoms with E-state index >= 15 is 0 Å². The summed E-state index contributed by atoms with van der Waals surface area (Å²) in [4.78, 5) is 13.3. The second-order valence-corrected chi connectivity index (χ2v) is 8.40. The average molecular weight is 421 g/mol. The number of Topliss-reactive ketones (excluding diaryl/α,β-unsaturated/α-hetero) is 1. The second-order valence-electron chi connectivity index (χ2n) is 6.29. The van der Waals surface area contributed by atoms with Gasteiger partial charge in [0.1, 0.15) is 18.1 Å². The molecular formula is C21H18Cl2O3S. The molecule has 0 spiro atoms. The fourth-order valence-electron chi connectivity index (χ4n) is 2.69. The SMILES string of the molecule is CC(=O)COc1cc(Cl)c(Cc2ccc(O)c(-c3ccc(C)s3)c2)c(Cl)c1. The molecule has 2 aromatic carbocycles. The van der Waals surface area contributed by atoms with Crippen molar-refractivity contribution in [3.8, 4) is 21.9 Å². The molecule has 0 saturated heterocycles. The Labute approximate surface area is 172 Å². The lowest BCUT2D eigenvalue weighted by atomic mass is 10.0. The van der Waals surface area contributed by atoms with E-state index in [-0.39, 0.29) is 18.1 Å². The van der Waals surface area contributed by atoms with Gasteiger partial charge in [-0.25, -0.2) is 0 Å². The summed E-state index contributed by atoms with van der Waals surface area (Å²) in [6, 6.07) is 12.8. The van der Waals surface area contributed by atoms with E-state index in [9.17, 15) is 9.90 Å². The van der Waals surface area contributed by atoms with E-state index in [0.717, 1.165) is 21.6 Å². The predicted octanol–water partition coefficient (Wildman–Crippen LogP) is 6.29. The number of phenolic OH excluding ortho intramolecular Hbond substituents is 1. The Morgan fingerprint density at radius 1 is 1.11 bits per heavy atom. The Kier molecular flexibility index (Phi) is 6.10. The summed E-state index contributed by atoms with van der Waals surface area (Å²) in [6.45, 7) is 3.47. The van der Waals surface area contributed by atoms with Crippen LogP contribution in [0.2, 0.25) is 10.0 Å². The van der Waals surface area contributed by atoms with Crippen molar-refractivity contribution in [3.05, 3.63) is 68.5 Å². The highest BCUT2D eigenvalue weighted by molar-refractivity contribution is 7.15. The maximum Gasteiger partial charge on any atom is 0.167 e. The molecule has 0 unspecified atom stereocenters. The molecule has 140 valence electrons. The first-order chi connectivity index (χ1) is 12.8. The van der Waals surface area contributed by atoms with Crippen LogP contribution in [0.5, 0.6) is 11.5 Å². The van der Waals surface area contributed by atoms with Crippen molar-refractivity contribution >= 4 is 40.3 Å². The minimum absolute atomic E-state index is 0.0203. The number of aromatic hydroxyl groups is 1. The highest BCUT2D eigenvalue weighted by Gasteiger charge is 2.13. The second kappa shape index (κ2) is 8.34. The first kappa shape index (κ1) is 19.7. The van der Waals surface area contributed by atoms with E-state index in [1.165, 1.54) is 11.8 Å². The standard InChI is InChI=1S/C21H18Cl2O3S/c1-12(24)11-26-15-9-18(22)16(19(23)10-15)7-14-4-5-20(25)17(8-14)21-6-3-13(2)27-21/h3-6,8-10,25H,7,11H2,1-2H3. The van der Waals surface area contributed by atoms with E-state index in [4.69, 9.17) is 27.9 Å². The number of phenols is 1. The number of carbonyl (C=O) groups excluding carboxylic acids is 1. The summed E-state index contributed by atoms with van der Waals surface area (Å²) in [5.41, 5.74) is 2.54. The molecule has 3 rings (SSSR count).